The summed E-state index contributed by atoms with van der Waals surface area (Å²) in [5.41, 5.74) is 2.51. The molecule has 2 aromatic rings. The van der Waals surface area contributed by atoms with Gasteiger partial charge < -0.3 is 4.74 Å². The van der Waals surface area contributed by atoms with E-state index in [1.807, 2.05) is 19.2 Å². The van der Waals surface area contributed by atoms with Crippen LogP contribution in [-0.2, 0) is 16.7 Å². The van der Waals surface area contributed by atoms with Crippen molar-refractivity contribution in [2.75, 3.05) is 45.9 Å². The average Bonchev–Trinajstić information content (AvgIpc) is 3.35. The van der Waals surface area contributed by atoms with Gasteiger partial charge in [0.1, 0.15) is 0 Å². The lowest BCUT2D eigenvalue weighted by atomic mass is 9.81. The molecule has 0 amide bonds. The van der Waals surface area contributed by atoms with Crippen LogP contribution < -0.4 is 0 Å². The van der Waals surface area contributed by atoms with Gasteiger partial charge >= 0.3 is 0 Å². The predicted octanol–water partition coefficient (Wildman–Crippen LogP) is 4.48. The van der Waals surface area contributed by atoms with Gasteiger partial charge in [0.2, 0.25) is 0 Å². The summed E-state index contributed by atoms with van der Waals surface area (Å²) >= 11 is 1.30. The van der Waals surface area contributed by atoms with Crippen LogP contribution in [0.3, 0.4) is 0 Å². The Morgan fingerprint density at radius 1 is 1.17 bits per heavy atom. The Bertz CT molecular complexity index is 831. The molecule has 0 spiro atoms. The van der Waals surface area contributed by atoms with Crippen molar-refractivity contribution >= 4 is 11.3 Å². The van der Waals surface area contributed by atoms with Crippen LogP contribution in [0.4, 0.5) is 4.39 Å². The number of rotatable bonds is 7. The van der Waals surface area contributed by atoms with Crippen molar-refractivity contribution in [1.82, 2.24) is 14.8 Å². The molecule has 2 aliphatic rings. The number of pyridine rings is 1. The van der Waals surface area contributed by atoms with E-state index in [1.165, 1.54) is 23.3 Å². The highest BCUT2D eigenvalue weighted by Crippen LogP contribution is 2.42. The Balaban J connectivity index is 1.51. The van der Waals surface area contributed by atoms with E-state index >= 15 is 0 Å². The molecule has 0 saturated carbocycles. The number of likely N-dealkylation sites (tertiary alicyclic amines) is 1. The van der Waals surface area contributed by atoms with E-state index in [0.717, 1.165) is 69.4 Å². The zero-order chi connectivity index (χ0) is 21.2. The van der Waals surface area contributed by atoms with Crippen LogP contribution in [-0.4, -0.2) is 60.7 Å². The van der Waals surface area contributed by atoms with Crippen LogP contribution >= 0.6 is 11.3 Å². The van der Waals surface area contributed by atoms with Gasteiger partial charge in [0.25, 0.3) is 0 Å². The summed E-state index contributed by atoms with van der Waals surface area (Å²) in [6.07, 6.45) is 5.27. The molecule has 4 heterocycles. The van der Waals surface area contributed by atoms with Gasteiger partial charge in [0.15, 0.2) is 5.13 Å². The number of aromatic nitrogens is 1. The molecule has 0 aliphatic carbocycles. The summed E-state index contributed by atoms with van der Waals surface area (Å²) in [5, 5.41) is -0.0757. The van der Waals surface area contributed by atoms with E-state index < -0.39 is 0 Å². The van der Waals surface area contributed by atoms with Crippen molar-refractivity contribution in [2.24, 2.45) is 5.41 Å². The van der Waals surface area contributed by atoms with Crippen LogP contribution in [0.2, 0.25) is 0 Å². The summed E-state index contributed by atoms with van der Waals surface area (Å²) in [4.78, 5) is 10.9. The van der Waals surface area contributed by atoms with Crippen molar-refractivity contribution in [2.45, 2.75) is 45.6 Å². The third-order valence-electron chi connectivity index (χ3n) is 7.04. The van der Waals surface area contributed by atoms with Gasteiger partial charge in [0.05, 0.1) is 13.2 Å². The molecule has 0 bridgehead atoms. The van der Waals surface area contributed by atoms with Crippen LogP contribution in [0.15, 0.2) is 30.5 Å². The number of morpholine rings is 1. The maximum Gasteiger partial charge on any atom is 0.176 e. The number of thiophene rings is 1. The Morgan fingerprint density at radius 3 is 2.63 bits per heavy atom. The first kappa shape index (κ1) is 21.9. The van der Waals surface area contributed by atoms with E-state index in [-0.39, 0.29) is 16.1 Å². The minimum atomic E-state index is -0.0757. The van der Waals surface area contributed by atoms with Crippen molar-refractivity contribution in [3.05, 3.63) is 51.7 Å². The summed E-state index contributed by atoms with van der Waals surface area (Å²) in [6.45, 7) is 13.6. The Kier molecular flexibility index (Phi) is 6.58. The van der Waals surface area contributed by atoms with Gasteiger partial charge in [-0.2, -0.15) is 4.39 Å². The van der Waals surface area contributed by atoms with Crippen LogP contribution in [0.25, 0.3) is 0 Å². The Hall–Kier alpha value is -1.34. The number of hydrogen-bond acceptors (Lipinski definition) is 5. The molecule has 4 rings (SSSR count). The third kappa shape index (κ3) is 4.93. The summed E-state index contributed by atoms with van der Waals surface area (Å²) < 4.78 is 19.1. The summed E-state index contributed by atoms with van der Waals surface area (Å²) in [6, 6.07) is 7.89. The fraction of sp³-hybridized carbons (Fsp3) is 0.625. The summed E-state index contributed by atoms with van der Waals surface area (Å²) in [5.74, 6) is 0. The fourth-order valence-electron chi connectivity index (χ4n) is 4.94. The second-order valence-electron chi connectivity index (χ2n) is 9.51. The smallest absolute Gasteiger partial charge is 0.176 e. The quantitative estimate of drug-likeness (QED) is 0.646. The highest BCUT2D eigenvalue weighted by Gasteiger charge is 2.44. The number of hydrogen-bond donors (Lipinski definition) is 0. The second-order valence-corrected chi connectivity index (χ2v) is 10.6. The normalized spacial score (nSPS) is 23.9. The molecule has 1 atom stereocenters. The largest absolute Gasteiger partial charge is 0.379 e. The minimum absolute atomic E-state index is 0.0531. The van der Waals surface area contributed by atoms with Gasteiger partial charge in [-0.1, -0.05) is 6.07 Å². The van der Waals surface area contributed by atoms with Crippen molar-refractivity contribution < 1.29 is 9.13 Å². The van der Waals surface area contributed by atoms with Gasteiger partial charge in [-0.25, -0.2) is 0 Å². The molecule has 2 aliphatic heterocycles. The monoisotopic (exact) mass is 431 g/mol. The Morgan fingerprint density at radius 2 is 1.97 bits per heavy atom. The van der Waals surface area contributed by atoms with E-state index in [9.17, 15) is 4.39 Å². The van der Waals surface area contributed by atoms with Gasteiger partial charge in [-0.05, 0) is 75.8 Å². The maximum atomic E-state index is 13.5. The minimum Gasteiger partial charge on any atom is -0.379 e. The molecular weight excluding hydrogens is 397 g/mol. The van der Waals surface area contributed by atoms with Gasteiger partial charge in [-0.3, -0.25) is 14.8 Å². The lowest BCUT2D eigenvalue weighted by Gasteiger charge is -2.40. The van der Waals surface area contributed by atoms with E-state index in [0.29, 0.717) is 0 Å². The van der Waals surface area contributed by atoms with Gasteiger partial charge in [0, 0.05) is 48.5 Å². The number of ether oxygens (including phenoxy) is 1. The molecule has 4 nitrogen and oxygen atoms in total. The highest BCUT2D eigenvalue weighted by molar-refractivity contribution is 7.10. The van der Waals surface area contributed by atoms with Crippen molar-refractivity contribution in [3.63, 3.8) is 0 Å². The Labute approximate surface area is 184 Å². The molecule has 0 N–H and O–H groups in total. The molecule has 0 radical (unpaired) electrons. The topological polar surface area (TPSA) is 28.6 Å². The molecule has 6 heteroatoms. The van der Waals surface area contributed by atoms with Crippen LogP contribution in [0, 0.1) is 17.5 Å². The zero-order valence-electron chi connectivity index (χ0n) is 18.5. The number of nitrogens with zero attached hydrogens (tertiary/aromatic N) is 3. The lowest BCUT2D eigenvalue weighted by molar-refractivity contribution is 0.0126. The molecule has 2 fully saturated rings. The summed E-state index contributed by atoms with van der Waals surface area (Å²) in [7, 11) is 0. The van der Waals surface area contributed by atoms with Gasteiger partial charge in [-0.15, -0.1) is 11.3 Å². The van der Waals surface area contributed by atoms with E-state index in [1.54, 1.807) is 6.07 Å². The average molecular weight is 432 g/mol. The highest BCUT2D eigenvalue weighted by atomic mass is 32.1. The van der Waals surface area contributed by atoms with Crippen LogP contribution in [0.5, 0.6) is 0 Å². The number of aryl methyl sites for hydroxylation is 2. The first-order valence-electron chi connectivity index (χ1n) is 11.1. The molecule has 0 aromatic carbocycles. The first-order chi connectivity index (χ1) is 14.4. The standard InChI is InChI=1S/C24H34FN3OS/c1-19-4-5-20(16-26-19)23(2,3)28-11-10-24(18-28,17-27-12-14-29-15-13-27)9-8-21-6-7-22(25)30-21/h4-7,16H,8-15,17-18H2,1-3H3. The lowest BCUT2D eigenvalue weighted by Crippen LogP contribution is -2.47. The second kappa shape index (κ2) is 9.03. The molecule has 30 heavy (non-hydrogen) atoms. The third-order valence-corrected chi connectivity index (χ3v) is 7.97. The van der Waals surface area contributed by atoms with E-state index in [2.05, 4.69) is 40.8 Å². The molecule has 1 unspecified atom stereocenters. The molecule has 2 aromatic heterocycles. The SMILES string of the molecule is Cc1ccc(C(C)(C)N2CCC(CCc3ccc(F)s3)(CN3CCOCC3)C2)cn1. The van der Waals surface area contributed by atoms with Crippen LogP contribution in [0.1, 0.15) is 42.8 Å². The van der Waals surface area contributed by atoms with Crippen molar-refractivity contribution in [3.8, 4) is 0 Å². The van der Waals surface area contributed by atoms with Crippen molar-refractivity contribution in [1.29, 1.82) is 0 Å². The zero-order valence-corrected chi connectivity index (χ0v) is 19.3. The maximum absolute atomic E-state index is 13.5. The fourth-order valence-corrected chi connectivity index (χ4v) is 5.67. The molecule has 2 saturated heterocycles. The first-order valence-corrected chi connectivity index (χ1v) is 11.9. The molecular formula is C24H34FN3OS. The predicted molar refractivity (Wildman–Crippen MR) is 120 cm³/mol. The number of halogens is 1. The molecule has 164 valence electrons. The van der Waals surface area contributed by atoms with E-state index in [4.69, 9.17) is 4.74 Å².